The van der Waals surface area contributed by atoms with Gasteiger partial charge in [0.15, 0.2) is 0 Å². The van der Waals surface area contributed by atoms with Crippen molar-refractivity contribution in [3.63, 3.8) is 0 Å². The molecule has 0 heterocycles. The molecule has 1 aromatic carbocycles. The maximum absolute atomic E-state index is 13.5. The number of carbonyl (C=O) groups excluding carboxylic acids is 1. The van der Waals surface area contributed by atoms with Crippen LogP contribution in [-0.2, 0) is 13.8 Å². The molecule has 0 aliphatic heterocycles. The fourth-order valence-corrected chi connectivity index (χ4v) is 2.50. The molecule has 1 amide bonds. The van der Waals surface area contributed by atoms with Gasteiger partial charge in [-0.05, 0) is 24.6 Å². The van der Waals surface area contributed by atoms with Gasteiger partial charge in [0.25, 0.3) is 9.05 Å². The van der Waals surface area contributed by atoms with E-state index in [1.165, 1.54) is 6.07 Å². The van der Waals surface area contributed by atoms with Crippen molar-refractivity contribution in [3.8, 4) is 0 Å². The lowest BCUT2D eigenvalue weighted by atomic mass is 10.1. The number of benzene rings is 1. The van der Waals surface area contributed by atoms with E-state index in [1.807, 2.05) is 6.92 Å². The molecule has 0 radical (unpaired) electrons. The van der Waals surface area contributed by atoms with Crippen molar-refractivity contribution in [3.05, 3.63) is 24.0 Å². The average molecular weight is 308 g/mol. The van der Waals surface area contributed by atoms with Crippen LogP contribution in [0.2, 0.25) is 0 Å². The minimum absolute atomic E-state index is 0.190. The van der Waals surface area contributed by atoms with E-state index in [0.29, 0.717) is 0 Å². The van der Waals surface area contributed by atoms with Gasteiger partial charge in [0.2, 0.25) is 5.91 Å². The minimum atomic E-state index is -4.12. The number of halogens is 2. The van der Waals surface area contributed by atoms with Crippen molar-refractivity contribution in [2.24, 2.45) is 5.92 Å². The zero-order valence-electron chi connectivity index (χ0n) is 10.6. The van der Waals surface area contributed by atoms with Gasteiger partial charge in [0.05, 0.1) is 0 Å². The van der Waals surface area contributed by atoms with Crippen LogP contribution in [0.4, 0.5) is 10.1 Å². The number of hydrogen-bond acceptors (Lipinski definition) is 3. The summed E-state index contributed by atoms with van der Waals surface area (Å²) in [6, 6.07) is 3.26. The maximum atomic E-state index is 13.5. The lowest BCUT2D eigenvalue weighted by Crippen LogP contribution is -2.20. The first-order valence-corrected chi connectivity index (χ1v) is 8.11. The summed E-state index contributed by atoms with van der Waals surface area (Å²) in [6.45, 7) is 3.73. The van der Waals surface area contributed by atoms with Crippen LogP contribution in [0.15, 0.2) is 23.1 Å². The third-order valence-electron chi connectivity index (χ3n) is 2.63. The monoisotopic (exact) mass is 307 g/mol. The molecule has 0 aromatic heterocycles. The molecule has 7 heteroatoms. The highest BCUT2D eigenvalue weighted by Gasteiger charge is 2.17. The number of nitrogens with one attached hydrogen (secondary N) is 1. The standard InChI is InChI=1S/C12H15ClFNO3S/c1-3-4-8(2)12(16)15-9-5-6-11(10(14)7-9)19(13,17)18/h5-8H,3-4H2,1-2H3,(H,15,16). The molecule has 106 valence electrons. The lowest BCUT2D eigenvalue weighted by molar-refractivity contribution is -0.119. The molecule has 0 saturated carbocycles. The first-order valence-electron chi connectivity index (χ1n) is 5.80. The van der Waals surface area contributed by atoms with Gasteiger partial charge < -0.3 is 5.32 Å². The Bertz CT molecular complexity index is 574. The molecule has 0 saturated heterocycles. The number of hydrogen-bond donors (Lipinski definition) is 1. The van der Waals surface area contributed by atoms with Crippen molar-refractivity contribution < 1.29 is 17.6 Å². The summed E-state index contributed by atoms with van der Waals surface area (Å²) in [5.41, 5.74) is 0.203. The third kappa shape index (κ3) is 4.47. The van der Waals surface area contributed by atoms with E-state index in [2.05, 4.69) is 5.32 Å². The molecule has 4 nitrogen and oxygen atoms in total. The van der Waals surface area contributed by atoms with Crippen molar-refractivity contribution in [1.82, 2.24) is 0 Å². The van der Waals surface area contributed by atoms with Crippen molar-refractivity contribution >= 4 is 31.3 Å². The van der Waals surface area contributed by atoms with Gasteiger partial charge in [0, 0.05) is 22.3 Å². The van der Waals surface area contributed by atoms with Crippen LogP contribution >= 0.6 is 10.7 Å². The van der Waals surface area contributed by atoms with E-state index in [1.54, 1.807) is 6.92 Å². The SMILES string of the molecule is CCCC(C)C(=O)Nc1ccc(S(=O)(=O)Cl)c(F)c1. The Balaban J connectivity index is 2.88. The van der Waals surface area contributed by atoms with E-state index < -0.39 is 19.8 Å². The minimum Gasteiger partial charge on any atom is -0.326 e. The molecule has 0 spiro atoms. The van der Waals surface area contributed by atoms with Crippen LogP contribution in [0.1, 0.15) is 26.7 Å². The summed E-state index contributed by atoms with van der Waals surface area (Å²) in [4.78, 5) is 11.1. The van der Waals surface area contributed by atoms with Crippen LogP contribution in [0, 0.1) is 11.7 Å². The van der Waals surface area contributed by atoms with Gasteiger partial charge in [0.1, 0.15) is 10.7 Å². The Labute approximate surface area is 116 Å². The highest BCUT2D eigenvalue weighted by Crippen LogP contribution is 2.22. The number of anilines is 1. The normalized spacial score (nSPS) is 13.1. The molecule has 0 aliphatic rings. The van der Waals surface area contributed by atoms with Crippen LogP contribution in [0.5, 0.6) is 0 Å². The zero-order valence-corrected chi connectivity index (χ0v) is 12.2. The molecule has 19 heavy (non-hydrogen) atoms. The number of carbonyl (C=O) groups is 1. The first-order chi connectivity index (χ1) is 8.75. The topological polar surface area (TPSA) is 63.2 Å². The van der Waals surface area contributed by atoms with Crippen molar-refractivity contribution in [2.75, 3.05) is 5.32 Å². The molecular weight excluding hydrogens is 293 g/mol. The molecule has 1 rings (SSSR count). The fourth-order valence-electron chi connectivity index (χ4n) is 1.61. The second-order valence-electron chi connectivity index (χ2n) is 4.26. The van der Waals surface area contributed by atoms with E-state index in [0.717, 1.165) is 25.0 Å². The number of rotatable bonds is 5. The van der Waals surface area contributed by atoms with Gasteiger partial charge >= 0.3 is 0 Å². The predicted molar refractivity (Wildman–Crippen MR) is 72.1 cm³/mol. The molecular formula is C12H15ClFNO3S. The van der Waals surface area contributed by atoms with Gasteiger partial charge in [-0.1, -0.05) is 20.3 Å². The van der Waals surface area contributed by atoms with E-state index in [4.69, 9.17) is 10.7 Å². The molecule has 1 N–H and O–H groups in total. The number of amides is 1. The van der Waals surface area contributed by atoms with E-state index in [-0.39, 0.29) is 17.5 Å². The van der Waals surface area contributed by atoms with Gasteiger partial charge in [-0.3, -0.25) is 4.79 Å². The molecule has 0 aliphatic carbocycles. The second kappa shape index (κ2) is 6.34. The third-order valence-corrected chi connectivity index (χ3v) is 3.99. The summed E-state index contributed by atoms with van der Waals surface area (Å²) < 4.78 is 35.6. The van der Waals surface area contributed by atoms with E-state index in [9.17, 15) is 17.6 Å². The second-order valence-corrected chi connectivity index (χ2v) is 6.80. The van der Waals surface area contributed by atoms with Crippen molar-refractivity contribution in [1.29, 1.82) is 0 Å². The quantitative estimate of drug-likeness (QED) is 0.850. The molecule has 1 aromatic rings. The van der Waals surface area contributed by atoms with Gasteiger partial charge in [-0.2, -0.15) is 0 Å². The fraction of sp³-hybridized carbons (Fsp3) is 0.417. The average Bonchev–Trinajstić information content (AvgIpc) is 2.27. The molecule has 1 unspecified atom stereocenters. The molecule has 0 bridgehead atoms. The largest absolute Gasteiger partial charge is 0.326 e. The molecule has 1 atom stereocenters. The Morgan fingerprint density at radius 1 is 1.47 bits per heavy atom. The van der Waals surface area contributed by atoms with Crippen LogP contribution in [0.25, 0.3) is 0 Å². The van der Waals surface area contributed by atoms with Crippen LogP contribution in [-0.4, -0.2) is 14.3 Å². The Kier molecular flexibility index (Phi) is 5.31. The first kappa shape index (κ1) is 15.9. The summed E-state index contributed by atoms with van der Waals surface area (Å²) in [6.07, 6.45) is 1.59. The summed E-state index contributed by atoms with van der Waals surface area (Å²) in [7, 11) is 0.939. The zero-order chi connectivity index (χ0) is 14.6. The highest BCUT2D eigenvalue weighted by atomic mass is 35.7. The predicted octanol–water partition coefficient (Wildman–Crippen LogP) is 3.13. The summed E-state index contributed by atoms with van der Waals surface area (Å²) in [5.74, 6) is -1.41. The lowest BCUT2D eigenvalue weighted by Gasteiger charge is -2.11. The summed E-state index contributed by atoms with van der Waals surface area (Å²) in [5, 5.41) is 2.53. The summed E-state index contributed by atoms with van der Waals surface area (Å²) >= 11 is 0. The van der Waals surface area contributed by atoms with Crippen LogP contribution in [0.3, 0.4) is 0 Å². The smallest absolute Gasteiger partial charge is 0.264 e. The Hall–Kier alpha value is -1.14. The maximum Gasteiger partial charge on any atom is 0.264 e. The van der Waals surface area contributed by atoms with Crippen LogP contribution < -0.4 is 5.32 Å². The Morgan fingerprint density at radius 2 is 2.11 bits per heavy atom. The molecule has 0 fully saturated rings. The Morgan fingerprint density at radius 3 is 2.58 bits per heavy atom. The highest BCUT2D eigenvalue weighted by molar-refractivity contribution is 8.13. The van der Waals surface area contributed by atoms with Crippen molar-refractivity contribution in [2.45, 2.75) is 31.6 Å². The van der Waals surface area contributed by atoms with Gasteiger partial charge in [-0.15, -0.1) is 0 Å². The van der Waals surface area contributed by atoms with Gasteiger partial charge in [-0.25, -0.2) is 12.8 Å². The van der Waals surface area contributed by atoms with E-state index >= 15 is 0 Å².